The van der Waals surface area contributed by atoms with E-state index in [2.05, 4.69) is 25.9 Å². The van der Waals surface area contributed by atoms with E-state index in [0.717, 1.165) is 10.0 Å². The van der Waals surface area contributed by atoms with Crippen LogP contribution in [0.25, 0.3) is 0 Å². The van der Waals surface area contributed by atoms with Gasteiger partial charge in [0.2, 0.25) is 0 Å². The summed E-state index contributed by atoms with van der Waals surface area (Å²) >= 11 is 3.35. The molecule has 0 spiro atoms. The number of hydrogen-bond donors (Lipinski definition) is 0. The Bertz CT molecular complexity index is 374. The van der Waals surface area contributed by atoms with Crippen LogP contribution in [0.15, 0.2) is 33.9 Å². The molecule has 3 nitrogen and oxygen atoms in total. The lowest BCUT2D eigenvalue weighted by atomic mass is 10.1. The van der Waals surface area contributed by atoms with Crippen molar-refractivity contribution in [2.24, 2.45) is 5.16 Å². The topological polar surface area (TPSA) is 38.7 Å². The number of carbonyl (C=O) groups is 1. The van der Waals surface area contributed by atoms with Crippen LogP contribution in [-0.2, 0) is 9.63 Å². The van der Waals surface area contributed by atoms with Gasteiger partial charge in [-0.25, -0.2) is 4.79 Å². The first-order valence-electron chi connectivity index (χ1n) is 4.07. The van der Waals surface area contributed by atoms with Crippen LogP contribution >= 0.6 is 15.9 Å². The quantitative estimate of drug-likeness (QED) is 0.463. The fourth-order valence-electron chi connectivity index (χ4n) is 0.899. The summed E-state index contributed by atoms with van der Waals surface area (Å²) in [4.78, 5) is 15.0. The third-order valence-electron chi connectivity index (χ3n) is 1.55. The minimum absolute atomic E-state index is 0.417. The van der Waals surface area contributed by atoms with Crippen molar-refractivity contribution >= 4 is 27.6 Å². The number of benzene rings is 1. The standard InChI is InChI=1S/C10H10BrNO2/c1-7(12-14-8(2)13)9-4-3-5-10(11)6-9/h3-6H,1-2H3/b12-7-. The molecule has 0 radical (unpaired) electrons. The number of oxime groups is 1. The largest absolute Gasteiger partial charge is 0.331 e. The summed E-state index contributed by atoms with van der Waals surface area (Å²) in [7, 11) is 0. The fraction of sp³-hybridized carbons (Fsp3) is 0.200. The van der Waals surface area contributed by atoms with Crippen molar-refractivity contribution in [3.8, 4) is 0 Å². The fourth-order valence-corrected chi connectivity index (χ4v) is 1.30. The van der Waals surface area contributed by atoms with E-state index in [-0.39, 0.29) is 0 Å². The molecule has 0 unspecified atom stereocenters. The van der Waals surface area contributed by atoms with Crippen LogP contribution < -0.4 is 0 Å². The van der Waals surface area contributed by atoms with E-state index >= 15 is 0 Å². The Kier molecular flexibility index (Phi) is 3.83. The summed E-state index contributed by atoms with van der Waals surface area (Å²) in [6, 6.07) is 7.62. The second-order valence-electron chi connectivity index (χ2n) is 2.77. The van der Waals surface area contributed by atoms with Crippen molar-refractivity contribution in [3.63, 3.8) is 0 Å². The molecule has 0 amide bonds. The summed E-state index contributed by atoms with van der Waals surface area (Å²) in [6.45, 7) is 3.10. The zero-order valence-electron chi connectivity index (χ0n) is 7.95. The van der Waals surface area contributed by atoms with E-state index in [9.17, 15) is 4.79 Å². The Balaban J connectivity index is 2.83. The van der Waals surface area contributed by atoms with Gasteiger partial charge in [-0.15, -0.1) is 0 Å². The van der Waals surface area contributed by atoms with Crippen molar-refractivity contribution in [3.05, 3.63) is 34.3 Å². The molecule has 0 aliphatic rings. The Hall–Kier alpha value is -1.16. The smallest absolute Gasteiger partial charge is 0.318 e. The van der Waals surface area contributed by atoms with Crippen molar-refractivity contribution in [2.45, 2.75) is 13.8 Å². The van der Waals surface area contributed by atoms with Gasteiger partial charge in [-0.05, 0) is 19.1 Å². The van der Waals surface area contributed by atoms with Crippen LogP contribution in [0.4, 0.5) is 0 Å². The molecule has 0 aliphatic heterocycles. The van der Waals surface area contributed by atoms with Crippen LogP contribution in [0, 0.1) is 0 Å². The Morgan fingerprint density at radius 3 is 2.71 bits per heavy atom. The summed E-state index contributed by atoms with van der Waals surface area (Å²) in [5, 5.41) is 3.68. The Morgan fingerprint density at radius 1 is 1.43 bits per heavy atom. The highest BCUT2D eigenvalue weighted by Crippen LogP contribution is 2.12. The van der Waals surface area contributed by atoms with Crippen molar-refractivity contribution in [2.75, 3.05) is 0 Å². The summed E-state index contributed by atoms with van der Waals surface area (Å²) in [6.07, 6.45) is 0. The van der Waals surface area contributed by atoms with Crippen LogP contribution in [0.3, 0.4) is 0 Å². The zero-order valence-corrected chi connectivity index (χ0v) is 9.54. The summed E-state index contributed by atoms with van der Waals surface area (Å²) in [5.41, 5.74) is 1.59. The Morgan fingerprint density at radius 2 is 2.14 bits per heavy atom. The summed E-state index contributed by atoms with van der Waals surface area (Å²) in [5.74, 6) is -0.417. The molecular weight excluding hydrogens is 246 g/mol. The average molecular weight is 256 g/mol. The van der Waals surface area contributed by atoms with Gasteiger partial charge in [0, 0.05) is 17.0 Å². The molecule has 0 aliphatic carbocycles. The first-order valence-corrected chi connectivity index (χ1v) is 4.87. The van der Waals surface area contributed by atoms with Crippen LogP contribution in [-0.4, -0.2) is 11.7 Å². The first-order chi connectivity index (χ1) is 6.59. The zero-order chi connectivity index (χ0) is 10.6. The second-order valence-corrected chi connectivity index (χ2v) is 3.69. The molecule has 1 aromatic carbocycles. The van der Waals surface area contributed by atoms with Gasteiger partial charge in [0.1, 0.15) is 0 Å². The van der Waals surface area contributed by atoms with Crippen molar-refractivity contribution in [1.29, 1.82) is 0 Å². The maximum atomic E-state index is 10.5. The van der Waals surface area contributed by atoms with Gasteiger partial charge in [-0.3, -0.25) is 0 Å². The van der Waals surface area contributed by atoms with Gasteiger partial charge in [0.15, 0.2) is 0 Å². The molecule has 1 rings (SSSR count). The number of hydrogen-bond acceptors (Lipinski definition) is 3. The van der Waals surface area contributed by atoms with Gasteiger partial charge in [0.05, 0.1) is 5.71 Å². The lowest BCUT2D eigenvalue weighted by molar-refractivity contribution is -0.140. The first kappa shape index (κ1) is 10.9. The highest BCUT2D eigenvalue weighted by molar-refractivity contribution is 9.10. The average Bonchev–Trinajstić information content (AvgIpc) is 2.14. The third-order valence-corrected chi connectivity index (χ3v) is 2.05. The van der Waals surface area contributed by atoms with Crippen LogP contribution in [0.1, 0.15) is 19.4 Å². The van der Waals surface area contributed by atoms with E-state index in [4.69, 9.17) is 0 Å². The molecule has 0 aromatic heterocycles. The second kappa shape index (κ2) is 4.91. The molecule has 0 fully saturated rings. The molecule has 14 heavy (non-hydrogen) atoms. The van der Waals surface area contributed by atoms with Crippen molar-refractivity contribution in [1.82, 2.24) is 0 Å². The third kappa shape index (κ3) is 3.30. The highest BCUT2D eigenvalue weighted by atomic mass is 79.9. The Labute approximate surface area is 90.9 Å². The maximum Gasteiger partial charge on any atom is 0.331 e. The van der Waals surface area contributed by atoms with Gasteiger partial charge in [-0.2, -0.15) is 0 Å². The predicted octanol–water partition coefficient (Wildman–Crippen LogP) is 2.74. The minimum atomic E-state index is -0.417. The molecule has 0 atom stereocenters. The monoisotopic (exact) mass is 255 g/mol. The number of halogens is 1. The van der Waals surface area contributed by atoms with Gasteiger partial charge >= 0.3 is 5.97 Å². The lowest BCUT2D eigenvalue weighted by Crippen LogP contribution is -1.99. The molecule has 0 bridgehead atoms. The predicted molar refractivity (Wildman–Crippen MR) is 58.1 cm³/mol. The number of nitrogens with zero attached hydrogens (tertiary/aromatic N) is 1. The molecule has 0 heterocycles. The van der Waals surface area contributed by atoms with E-state index in [1.807, 2.05) is 24.3 Å². The van der Waals surface area contributed by atoms with Gasteiger partial charge in [0.25, 0.3) is 0 Å². The molecule has 0 saturated heterocycles. The van der Waals surface area contributed by atoms with Crippen LogP contribution in [0.2, 0.25) is 0 Å². The molecular formula is C10H10BrNO2. The van der Waals surface area contributed by atoms with E-state index < -0.39 is 5.97 Å². The number of carbonyl (C=O) groups excluding carboxylic acids is 1. The maximum absolute atomic E-state index is 10.5. The van der Waals surface area contributed by atoms with Gasteiger partial charge < -0.3 is 4.84 Å². The number of rotatable bonds is 2. The SMILES string of the molecule is CC(=O)O/N=C(/C)c1cccc(Br)c1. The highest BCUT2D eigenvalue weighted by Gasteiger charge is 1.99. The molecule has 1 aromatic rings. The minimum Gasteiger partial charge on any atom is -0.318 e. The lowest BCUT2D eigenvalue weighted by Gasteiger charge is -1.99. The normalized spacial score (nSPS) is 11.2. The van der Waals surface area contributed by atoms with Gasteiger partial charge in [-0.1, -0.05) is 33.2 Å². The molecule has 4 heteroatoms. The molecule has 0 saturated carbocycles. The molecule has 74 valence electrons. The van der Waals surface area contributed by atoms with E-state index in [1.165, 1.54) is 6.92 Å². The van der Waals surface area contributed by atoms with Crippen LogP contribution in [0.5, 0.6) is 0 Å². The summed E-state index contributed by atoms with van der Waals surface area (Å²) < 4.78 is 0.965. The molecule has 0 N–H and O–H groups in total. The van der Waals surface area contributed by atoms with E-state index in [1.54, 1.807) is 6.92 Å². The van der Waals surface area contributed by atoms with Crippen molar-refractivity contribution < 1.29 is 9.63 Å². The van der Waals surface area contributed by atoms with E-state index in [0.29, 0.717) is 5.71 Å².